The average molecular weight is 205 g/mol. The van der Waals surface area contributed by atoms with Gasteiger partial charge >= 0.3 is 0 Å². The number of rotatable bonds is 3. The average Bonchev–Trinajstić information content (AvgIpc) is 2.05. The molecule has 0 saturated heterocycles. The highest BCUT2D eigenvalue weighted by molar-refractivity contribution is 5.80. The van der Waals surface area contributed by atoms with E-state index in [1.54, 1.807) is 6.92 Å². The van der Waals surface area contributed by atoms with Crippen LogP contribution in [0.3, 0.4) is 0 Å². The van der Waals surface area contributed by atoms with Crippen LogP contribution in [0.15, 0.2) is 24.3 Å². The van der Waals surface area contributed by atoms with Crippen LogP contribution in [-0.2, 0) is 11.2 Å². The summed E-state index contributed by atoms with van der Waals surface area (Å²) in [6, 6.07) is 7.96. The van der Waals surface area contributed by atoms with Gasteiger partial charge in [-0.3, -0.25) is 4.79 Å². The Bertz CT molecular complexity index is 350. The van der Waals surface area contributed by atoms with Crippen molar-refractivity contribution in [2.45, 2.75) is 39.7 Å². The minimum Gasteiger partial charge on any atom is -0.380 e. The van der Waals surface area contributed by atoms with Crippen LogP contribution in [0.1, 0.15) is 33.3 Å². The van der Waals surface area contributed by atoms with Gasteiger partial charge in [-0.15, -0.1) is 0 Å². The summed E-state index contributed by atoms with van der Waals surface area (Å²) < 4.78 is 0. The molecule has 0 heterocycles. The van der Waals surface area contributed by atoms with Crippen molar-refractivity contribution >= 4 is 11.5 Å². The molecule has 1 aromatic rings. The fourth-order valence-electron chi connectivity index (χ4n) is 1.47. The largest absolute Gasteiger partial charge is 0.380 e. The van der Waals surface area contributed by atoms with Crippen molar-refractivity contribution in [3.8, 4) is 0 Å². The summed E-state index contributed by atoms with van der Waals surface area (Å²) >= 11 is 0. The van der Waals surface area contributed by atoms with Gasteiger partial charge in [-0.2, -0.15) is 0 Å². The van der Waals surface area contributed by atoms with Crippen molar-refractivity contribution < 1.29 is 4.79 Å². The van der Waals surface area contributed by atoms with Crippen molar-refractivity contribution in [2.75, 3.05) is 5.32 Å². The molecule has 0 fully saturated rings. The molecule has 0 radical (unpaired) electrons. The second-order valence-corrected chi connectivity index (χ2v) is 4.91. The first-order chi connectivity index (χ1) is 6.88. The zero-order valence-electron chi connectivity index (χ0n) is 9.92. The highest BCUT2D eigenvalue weighted by Gasteiger charge is 2.12. The number of anilines is 1. The number of para-hydroxylation sites is 1. The van der Waals surface area contributed by atoms with Crippen LogP contribution in [-0.4, -0.2) is 11.3 Å². The number of hydrogen-bond donors (Lipinski definition) is 1. The van der Waals surface area contributed by atoms with E-state index in [-0.39, 0.29) is 11.3 Å². The number of nitrogens with one attached hydrogen (secondary N) is 1. The molecule has 1 N–H and O–H groups in total. The molecule has 0 spiro atoms. The van der Waals surface area contributed by atoms with Crippen LogP contribution in [0.4, 0.5) is 5.69 Å². The van der Waals surface area contributed by atoms with E-state index in [2.05, 4.69) is 26.1 Å². The molecule has 1 rings (SSSR count). The van der Waals surface area contributed by atoms with Crippen LogP contribution in [0.5, 0.6) is 0 Å². The number of carbonyl (C=O) groups excluding carboxylic acids is 1. The van der Waals surface area contributed by atoms with Crippen LogP contribution in [0, 0.1) is 0 Å². The first-order valence-electron chi connectivity index (χ1n) is 5.24. The van der Waals surface area contributed by atoms with Crippen LogP contribution in [0.25, 0.3) is 0 Å². The van der Waals surface area contributed by atoms with E-state index in [0.29, 0.717) is 6.42 Å². The van der Waals surface area contributed by atoms with Gasteiger partial charge in [0, 0.05) is 17.6 Å². The van der Waals surface area contributed by atoms with Gasteiger partial charge < -0.3 is 5.32 Å². The molecule has 0 aliphatic carbocycles. The van der Waals surface area contributed by atoms with E-state index < -0.39 is 0 Å². The van der Waals surface area contributed by atoms with Gasteiger partial charge in [-0.25, -0.2) is 0 Å². The summed E-state index contributed by atoms with van der Waals surface area (Å²) in [4.78, 5) is 11.1. The van der Waals surface area contributed by atoms with Gasteiger partial charge in [0.1, 0.15) is 5.78 Å². The van der Waals surface area contributed by atoms with Crippen molar-refractivity contribution in [1.82, 2.24) is 0 Å². The summed E-state index contributed by atoms with van der Waals surface area (Å²) in [6.07, 6.45) is 0.499. The van der Waals surface area contributed by atoms with Gasteiger partial charge in [0.15, 0.2) is 0 Å². The molecule has 0 aromatic heterocycles. The zero-order chi connectivity index (χ0) is 11.5. The topological polar surface area (TPSA) is 29.1 Å². The molecule has 2 nitrogen and oxygen atoms in total. The van der Waals surface area contributed by atoms with Crippen molar-refractivity contribution in [3.05, 3.63) is 29.8 Å². The summed E-state index contributed by atoms with van der Waals surface area (Å²) in [5, 5.41) is 3.40. The standard InChI is InChI=1S/C13H19NO/c1-10(15)9-11-7-5-6-8-12(11)14-13(2,3)4/h5-8,14H,9H2,1-4H3. The lowest BCUT2D eigenvalue weighted by Crippen LogP contribution is -2.26. The maximum absolute atomic E-state index is 11.1. The molecule has 15 heavy (non-hydrogen) atoms. The maximum atomic E-state index is 11.1. The van der Waals surface area contributed by atoms with Crippen molar-refractivity contribution in [3.63, 3.8) is 0 Å². The Balaban J connectivity index is 2.91. The highest BCUT2D eigenvalue weighted by Crippen LogP contribution is 2.20. The van der Waals surface area contributed by atoms with E-state index in [1.165, 1.54) is 0 Å². The number of Topliss-reactive ketones (excluding diaryl/α,β-unsaturated/α-hetero) is 1. The van der Waals surface area contributed by atoms with Crippen molar-refractivity contribution in [2.24, 2.45) is 0 Å². The molecule has 0 aliphatic heterocycles. The normalized spacial score (nSPS) is 11.2. The molecular weight excluding hydrogens is 186 g/mol. The Morgan fingerprint density at radius 3 is 2.40 bits per heavy atom. The molecule has 1 aromatic carbocycles. The molecule has 0 unspecified atom stereocenters. The SMILES string of the molecule is CC(=O)Cc1ccccc1NC(C)(C)C. The first kappa shape index (κ1) is 11.8. The molecular formula is C13H19NO. The predicted octanol–water partition coefficient (Wildman–Crippen LogP) is 3.03. The number of ketones is 1. The maximum Gasteiger partial charge on any atom is 0.134 e. The molecule has 0 atom stereocenters. The third-order valence-electron chi connectivity index (χ3n) is 1.97. The third kappa shape index (κ3) is 4.15. The Morgan fingerprint density at radius 2 is 1.87 bits per heavy atom. The van der Waals surface area contributed by atoms with E-state index in [4.69, 9.17) is 0 Å². The summed E-state index contributed by atoms with van der Waals surface area (Å²) in [5.41, 5.74) is 2.15. The molecule has 0 bridgehead atoms. The van der Waals surface area contributed by atoms with Gasteiger partial charge in [-0.1, -0.05) is 18.2 Å². The highest BCUT2D eigenvalue weighted by atomic mass is 16.1. The minimum atomic E-state index is 0.0207. The van der Waals surface area contributed by atoms with Crippen LogP contribution < -0.4 is 5.32 Å². The second-order valence-electron chi connectivity index (χ2n) is 4.91. The summed E-state index contributed by atoms with van der Waals surface area (Å²) in [5.74, 6) is 0.193. The van der Waals surface area contributed by atoms with Gasteiger partial charge in [0.25, 0.3) is 0 Å². The number of benzene rings is 1. The molecule has 0 saturated carbocycles. The molecule has 82 valence electrons. The lowest BCUT2D eigenvalue weighted by Gasteiger charge is -2.24. The van der Waals surface area contributed by atoms with E-state index in [9.17, 15) is 4.79 Å². The summed E-state index contributed by atoms with van der Waals surface area (Å²) in [6.45, 7) is 7.94. The lowest BCUT2D eigenvalue weighted by molar-refractivity contribution is -0.116. The second kappa shape index (κ2) is 4.47. The quantitative estimate of drug-likeness (QED) is 0.821. The molecule has 0 amide bonds. The van der Waals surface area contributed by atoms with E-state index in [1.807, 2.05) is 24.3 Å². The first-order valence-corrected chi connectivity index (χ1v) is 5.24. The zero-order valence-corrected chi connectivity index (χ0v) is 9.92. The fraction of sp³-hybridized carbons (Fsp3) is 0.462. The Morgan fingerprint density at radius 1 is 1.27 bits per heavy atom. The third-order valence-corrected chi connectivity index (χ3v) is 1.97. The Kier molecular flexibility index (Phi) is 3.51. The van der Waals surface area contributed by atoms with Crippen molar-refractivity contribution in [1.29, 1.82) is 0 Å². The Labute approximate surface area is 91.7 Å². The van der Waals surface area contributed by atoms with E-state index in [0.717, 1.165) is 11.3 Å². The van der Waals surface area contributed by atoms with Gasteiger partial charge in [0.2, 0.25) is 0 Å². The number of hydrogen-bond acceptors (Lipinski definition) is 2. The smallest absolute Gasteiger partial charge is 0.134 e. The Hall–Kier alpha value is -1.31. The lowest BCUT2D eigenvalue weighted by atomic mass is 10.0. The predicted molar refractivity (Wildman–Crippen MR) is 64.2 cm³/mol. The summed E-state index contributed by atoms with van der Waals surface area (Å²) in [7, 11) is 0. The van der Waals surface area contributed by atoms with Gasteiger partial charge in [0.05, 0.1) is 0 Å². The molecule has 0 aliphatic rings. The fourth-order valence-corrected chi connectivity index (χ4v) is 1.47. The monoisotopic (exact) mass is 205 g/mol. The number of carbonyl (C=O) groups is 1. The minimum absolute atomic E-state index is 0.0207. The van der Waals surface area contributed by atoms with Crippen LogP contribution in [0.2, 0.25) is 0 Å². The molecule has 2 heteroatoms. The van der Waals surface area contributed by atoms with E-state index >= 15 is 0 Å². The van der Waals surface area contributed by atoms with Crippen LogP contribution >= 0.6 is 0 Å². The van der Waals surface area contributed by atoms with Gasteiger partial charge in [-0.05, 0) is 39.3 Å².